The number of methoxy groups -OCH3 is 1. The first-order valence-electron chi connectivity index (χ1n) is 11.8. The van der Waals surface area contributed by atoms with Gasteiger partial charge in [-0.2, -0.15) is 13.2 Å². The average Bonchev–Trinajstić information content (AvgIpc) is 3.23. The minimum Gasteiger partial charge on any atom is -0.492 e. The Kier molecular flexibility index (Phi) is 7.85. The number of fused-ring (bicyclic) bond motifs is 1. The monoisotopic (exact) mass is 489 g/mol. The molecule has 2 heterocycles. The van der Waals surface area contributed by atoms with Crippen molar-refractivity contribution in [3.63, 3.8) is 0 Å². The van der Waals surface area contributed by atoms with Gasteiger partial charge in [0.1, 0.15) is 5.58 Å². The van der Waals surface area contributed by atoms with Crippen molar-refractivity contribution in [2.24, 2.45) is 0 Å². The van der Waals surface area contributed by atoms with Crippen molar-refractivity contribution >= 4 is 22.6 Å². The first-order valence-corrected chi connectivity index (χ1v) is 11.8. The molecule has 1 aliphatic rings. The Morgan fingerprint density at radius 2 is 1.89 bits per heavy atom. The number of unbranched alkanes of at least 4 members (excludes halogenated alkanes) is 1. The van der Waals surface area contributed by atoms with Crippen molar-refractivity contribution < 1.29 is 27.1 Å². The van der Waals surface area contributed by atoms with Gasteiger partial charge in [0.05, 0.1) is 18.1 Å². The maximum absolute atomic E-state index is 12.9. The summed E-state index contributed by atoms with van der Waals surface area (Å²) in [7, 11) is 1.52. The van der Waals surface area contributed by atoms with E-state index in [4.69, 9.17) is 9.15 Å². The molecule has 9 heteroatoms. The molecule has 1 aromatic heterocycles. The topological polar surface area (TPSA) is 66.7 Å². The number of rotatable bonds is 9. The van der Waals surface area contributed by atoms with Crippen molar-refractivity contribution in [2.45, 2.75) is 37.9 Å². The molecule has 3 aromatic rings. The maximum atomic E-state index is 12.9. The summed E-state index contributed by atoms with van der Waals surface area (Å²) in [6, 6.07) is 12.9. The number of likely N-dealkylation sites (tertiary alicyclic amines) is 1. The minimum absolute atomic E-state index is 0.160. The van der Waals surface area contributed by atoms with Gasteiger partial charge in [0, 0.05) is 31.4 Å². The third-order valence-electron chi connectivity index (χ3n) is 6.30. The van der Waals surface area contributed by atoms with Crippen molar-refractivity contribution in [3.05, 3.63) is 59.9 Å². The molecule has 6 nitrogen and oxygen atoms in total. The van der Waals surface area contributed by atoms with Gasteiger partial charge in [-0.3, -0.25) is 4.79 Å². The molecule has 1 saturated heterocycles. The van der Waals surface area contributed by atoms with Crippen LogP contribution in [0.4, 0.5) is 18.9 Å². The van der Waals surface area contributed by atoms with Crippen LogP contribution in [0, 0.1) is 0 Å². The lowest BCUT2D eigenvalue weighted by Gasteiger charge is -2.33. The van der Waals surface area contributed by atoms with Gasteiger partial charge < -0.3 is 24.7 Å². The van der Waals surface area contributed by atoms with Crippen LogP contribution in [-0.2, 0) is 6.18 Å². The fourth-order valence-electron chi connectivity index (χ4n) is 4.44. The number of hydrogen-bond donors (Lipinski definition) is 2. The van der Waals surface area contributed by atoms with E-state index in [9.17, 15) is 18.0 Å². The zero-order valence-corrected chi connectivity index (χ0v) is 19.7. The van der Waals surface area contributed by atoms with Crippen molar-refractivity contribution in [1.29, 1.82) is 0 Å². The van der Waals surface area contributed by atoms with Crippen LogP contribution in [0.2, 0.25) is 0 Å². The number of nitrogens with one attached hydrogen (secondary N) is 2. The molecule has 0 aliphatic carbocycles. The number of hydrogen-bond acceptors (Lipinski definition) is 5. The maximum Gasteiger partial charge on any atom is 0.416 e. The summed E-state index contributed by atoms with van der Waals surface area (Å²) in [5, 5.41) is 6.91. The molecule has 0 unspecified atom stereocenters. The highest BCUT2D eigenvalue weighted by Crippen LogP contribution is 2.33. The van der Waals surface area contributed by atoms with Gasteiger partial charge >= 0.3 is 6.18 Å². The largest absolute Gasteiger partial charge is 0.492 e. The standard InChI is InChI=1S/C26H30F3N3O3/c1-34-23-21-9-2-3-10-22(21)35-24(23)25(33)30-13-4-5-14-32-15-11-19(12-16-32)31-20-8-6-7-18(17-20)26(27,28)29/h2-3,6-10,17,19,31H,4-5,11-16H2,1H3,(H,30,33). The molecule has 0 radical (unpaired) electrons. The number of nitrogens with zero attached hydrogens (tertiary/aromatic N) is 1. The molecule has 0 spiro atoms. The molecule has 35 heavy (non-hydrogen) atoms. The number of para-hydroxylation sites is 1. The van der Waals surface area contributed by atoms with E-state index < -0.39 is 11.7 Å². The molecule has 2 N–H and O–H groups in total. The van der Waals surface area contributed by atoms with Crippen LogP contribution in [0.1, 0.15) is 41.8 Å². The first kappa shape index (κ1) is 24.9. The number of alkyl halides is 3. The lowest BCUT2D eigenvalue weighted by atomic mass is 10.0. The van der Waals surface area contributed by atoms with E-state index in [0.717, 1.165) is 56.8 Å². The van der Waals surface area contributed by atoms with Gasteiger partial charge in [0.25, 0.3) is 5.91 Å². The summed E-state index contributed by atoms with van der Waals surface area (Å²) < 4.78 is 49.8. The van der Waals surface area contributed by atoms with E-state index in [1.165, 1.54) is 19.2 Å². The predicted molar refractivity (Wildman–Crippen MR) is 129 cm³/mol. The second kappa shape index (κ2) is 11.0. The average molecular weight is 490 g/mol. The summed E-state index contributed by atoms with van der Waals surface area (Å²) in [5.74, 6) is 0.336. The van der Waals surface area contributed by atoms with Gasteiger partial charge in [0.15, 0.2) is 5.75 Å². The molecule has 0 saturated carbocycles. The second-order valence-electron chi connectivity index (χ2n) is 8.76. The SMILES string of the molecule is COc1c(C(=O)NCCCCN2CCC(Nc3cccc(C(F)(F)F)c3)CC2)oc2ccccc12. The third kappa shape index (κ3) is 6.28. The smallest absolute Gasteiger partial charge is 0.416 e. The molecular weight excluding hydrogens is 459 g/mol. The Morgan fingerprint density at radius 3 is 2.63 bits per heavy atom. The normalized spacial score (nSPS) is 15.3. The Morgan fingerprint density at radius 1 is 1.11 bits per heavy atom. The summed E-state index contributed by atoms with van der Waals surface area (Å²) in [5.41, 5.74) is 0.487. The zero-order chi connectivity index (χ0) is 24.8. The molecule has 1 fully saturated rings. The Balaban J connectivity index is 1.15. The first-order chi connectivity index (χ1) is 16.8. The lowest BCUT2D eigenvalue weighted by Crippen LogP contribution is -2.39. The summed E-state index contributed by atoms with van der Waals surface area (Å²) in [6.07, 6.45) is -0.823. The number of carbonyl (C=O) groups excluding carboxylic acids is 1. The van der Waals surface area contributed by atoms with Gasteiger partial charge in [0.2, 0.25) is 5.76 Å². The Bertz CT molecular complexity index is 1140. The predicted octanol–water partition coefficient (Wildman–Crippen LogP) is 5.55. The molecule has 4 rings (SSSR count). The van der Waals surface area contributed by atoms with Crippen LogP contribution in [0.5, 0.6) is 5.75 Å². The number of ether oxygens (including phenoxy) is 1. The fourth-order valence-corrected chi connectivity index (χ4v) is 4.44. The van der Waals surface area contributed by atoms with Gasteiger partial charge in [-0.05, 0) is 62.6 Å². The van der Waals surface area contributed by atoms with E-state index in [1.54, 1.807) is 12.1 Å². The van der Waals surface area contributed by atoms with Crippen molar-refractivity contribution in [1.82, 2.24) is 10.2 Å². The van der Waals surface area contributed by atoms with E-state index >= 15 is 0 Å². The molecular formula is C26H30F3N3O3. The van der Waals surface area contributed by atoms with E-state index in [1.807, 2.05) is 18.2 Å². The number of anilines is 1. The van der Waals surface area contributed by atoms with Gasteiger partial charge in [-0.15, -0.1) is 0 Å². The highest BCUT2D eigenvalue weighted by molar-refractivity contribution is 6.01. The van der Waals surface area contributed by atoms with Crippen LogP contribution in [0.3, 0.4) is 0 Å². The zero-order valence-electron chi connectivity index (χ0n) is 19.7. The Hall–Kier alpha value is -3.20. The molecule has 2 aromatic carbocycles. The summed E-state index contributed by atoms with van der Waals surface area (Å²) >= 11 is 0. The highest BCUT2D eigenvalue weighted by Gasteiger charge is 2.30. The summed E-state index contributed by atoms with van der Waals surface area (Å²) in [6.45, 7) is 3.23. The number of halogens is 3. The third-order valence-corrected chi connectivity index (χ3v) is 6.30. The van der Waals surface area contributed by atoms with Crippen LogP contribution < -0.4 is 15.4 Å². The Labute approximate surface area is 202 Å². The highest BCUT2D eigenvalue weighted by atomic mass is 19.4. The molecule has 1 aliphatic heterocycles. The van der Waals surface area contributed by atoms with Crippen molar-refractivity contribution in [3.8, 4) is 5.75 Å². The van der Waals surface area contributed by atoms with Crippen molar-refractivity contribution in [2.75, 3.05) is 38.6 Å². The van der Waals surface area contributed by atoms with Crippen LogP contribution in [-0.4, -0.2) is 50.1 Å². The van der Waals surface area contributed by atoms with Gasteiger partial charge in [-0.1, -0.05) is 18.2 Å². The number of benzene rings is 2. The number of amides is 1. The fraction of sp³-hybridized carbons (Fsp3) is 0.423. The number of furan rings is 1. The van der Waals surface area contributed by atoms with Crippen LogP contribution >= 0.6 is 0 Å². The van der Waals surface area contributed by atoms with Gasteiger partial charge in [-0.25, -0.2) is 0 Å². The number of carbonyl (C=O) groups is 1. The lowest BCUT2D eigenvalue weighted by molar-refractivity contribution is -0.137. The quantitative estimate of drug-likeness (QED) is 0.386. The molecule has 1 amide bonds. The molecule has 0 atom stereocenters. The summed E-state index contributed by atoms with van der Waals surface area (Å²) in [4.78, 5) is 14.9. The second-order valence-corrected chi connectivity index (χ2v) is 8.76. The van der Waals surface area contributed by atoms with E-state index in [0.29, 0.717) is 23.6 Å². The molecule has 188 valence electrons. The number of piperidine rings is 1. The van der Waals surface area contributed by atoms with Crippen LogP contribution in [0.15, 0.2) is 52.9 Å². The van der Waals surface area contributed by atoms with E-state index in [-0.39, 0.29) is 17.7 Å². The minimum atomic E-state index is -4.33. The van der Waals surface area contributed by atoms with E-state index in [2.05, 4.69) is 15.5 Å². The molecule has 0 bridgehead atoms. The van der Waals surface area contributed by atoms with Crippen LogP contribution in [0.25, 0.3) is 11.0 Å².